The average molecular weight is 312 g/mol. The summed E-state index contributed by atoms with van der Waals surface area (Å²) in [5, 5.41) is 9.11. The molecule has 100 valence electrons. The molecule has 1 aromatic carbocycles. The molecule has 8 heteroatoms. The summed E-state index contributed by atoms with van der Waals surface area (Å²) >= 11 is 11.8. The molecule has 1 aromatic rings. The maximum absolute atomic E-state index is 11.7. The molecule has 0 aliphatic rings. The summed E-state index contributed by atoms with van der Waals surface area (Å²) in [7, 11) is -3.82. The highest BCUT2D eigenvalue weighted by molar-refractivity contribution is 7.92. The van der Waals surface area contributed by atoms with Gasteiger partial charge in [-0.3, -0.25) is 4.31 Å². The lowest BCUT2D eigenvalue weighted by atomic mass is 10.2. The molecule has 0 heterocycles. The summed E-state index contributed by atoms with van der Waals surface area (Å²) in [6.45, 7) is 1.24. The van der Waals surface area contributed by atoms with Gasteiger partial charge in [0.05, 0.1) is 22.0 Å². The van der Waals surface area contributed by atoms with Gasteiger partial charge in [0, 0.05) is 0 Å². The zero-order valence-electron chi connectivity index (χ0n) is 9.59. The molecule has 1 rings (SSSR count). The van der Waals surface area contributed by atoms with Crippen molar-refractivity contribution in [3.63, 3.8) is 0 Å². The predicted octanol–water partition coefficient (Wildman–Crippen LogP) is 2.23. The fourth-order valence-electron chi connectivity index (χ4n) is 1.45. The van der Waals surface area contributed by atoms with E-state index in [1.54, 1.807) is 6.07 Å². The third-order valence-corrected chi connectivity index (χ3v) is 4.05. The Morgan fingerprint density at radius 1 is 1.33 bits per heavy atom. The number of para-hydroxylation sites is 1. The van der Waals surface area contributed by atoms with E-state index in [-0.39, 0.29) is 15.7 Å². The normalized spacial score (nSPS) is 13.1. The smallest absolute Gasteiger partial charge is 0.327 e. The van der Waals surface area contributed by atoms with Crippen molar-refractivity contribution < 1.29 is 18.3 Å². The van der Waals surface area contributed by atoms with Crippen molar-refractivity contribution in [3.8, 4) is 0 Å². The van der Waals surface area contributed by atoms with E-state index in [2.05, 4.69) is 0 Å². The van der Waals surface area contributed by atoms with Crippen LogP contribution in [0.3, 0.4) is 0 Å². The van der Waals surface area contributed by atoms with Crippen LogP contribution in [0.25, 0.3) is 0 Å². The van der Waals surface area contributed by atoms with Gasteiger partial charge >= 0.3 is 5.97 Å². The van der Waals surface area contributed by atoms with Crippen molar-refractivity contribution in [2.75, 3.05) is 10.6 Å². The number of carbonyl (C=O) groups is 1. The highest BCUT2D eigenvalue weighted by Gasteiger charge is 2.31. The fraction of sp³-hybridized carbons (Fsp3) is 0.300. The third kappa shape index (κ3) is 3.07. The Morgan fingerprint density at radius 3 is 2.11 bits per heavy atom. The van der Waals surface area contributed by atoms with Crippen LogP contribution >= 0.6 is 23.2 Å². The Kier molecular flexibility index (Phi) is 4.47. The van der Waals surface area contributed by atoms with Crippen molar-refractivity contribution in [3.05, 3.63) is 28.2 Å². The van der Waals surface area contributed by atoms with E-state index >= 15 is 0 Å². The third-order valence-electron chi connectivity index (χ3n) is 2.22. The van der Waals surface area contributed by atoms with Crippen LogP contribution in [0.4, 0.5) is 5.69 Å². The predicted molar refractivity (Wildman–Crippen MR) is 70.9 cm³/mol. The van der Waals surface area contributed by atoms with Gasteiger partial charge < -0.3 is 5.11 Å². The summed E-state index contributed by atoms with van der Waals surface area (Å²) in [5.41, 5.74) is -0.0294. The first-order chi connectivity index (χ1) is 8.16. The van der Waals surface area contributed by atoms with Crippen LogP contribution in [0, 0.1) is 0 Å². The molecule has 0 spiro atoms. The van der Waals surface area contributed by atoms with Crippen molar-refractivity contribution >= 4 is 44.9 Å². The molecule has 0 radical (unpaired) electrons. The monoisotopic (exact) mass is 311 g/mol. The van der Waals surface area contributed by atoms with Gasteiger partial charge in [-0.05, 0) is 19.1 Å². The first-order valence-electron chi connectivity index (χ1n) is 4.82. The Morgan fingerprint density at radius 2 is 1.78 bits per heavy atom. The number of hydrogen-bond acceptors (Lipinski definition) is 3. The quantitative estimate of drug-likeness (QED) is 0.925. The Labute approximate surface area is 115 Å². The fourth-order valence-corrected chi connectivity index (χ4v) is 3.32. The number of sulfonamides is 1. The molecular formula is C10H11Cl2NO4S. The van der Waals surface area contributed by atoms with E-state index in [4.69, 9.17) is 28.3 Å². The summed E-state index contributed by atoms with van der Waals surface area (Å²) in [4.78, 5) is 11.0. The van der Waals surface area contributed by atoms with Gasteiger partial charge in [-0.1, -0.05) is 29.3 Å². The van der Waals surface area contributed by atoms with E-state index in [0.29, 0.717) is 4.31 Å². The Balaban J connectivity index is 3.51. The molecule has 1 N–H and O–H groups in total. The van der Waals surface area contributed by atoms with Crippen LogP contribution in [0.15, 0.2) is 18.2 Å². The minimum atomic E-state index is -3.82. The maximum Gasteiger partial charge on any atom is 0.327 e. The van der Waals surface area contributed by atoms with Crippen molar-refractivity contribution in [1.29, 1.82) is 0 Å². The topological polar surface area (TPSA) is 74.7 Å². The second kappa shape index (κ2) is 5.34. The van der Waals surface area contributed by atoms with Gasteiger partial charge in [0.2, 0.25) is 10.0 Å². The van der Waals surface area contributed by atoms with Crippen LogP contribution in [-0.4, -0.2) is 31.8 Å². The summed E-state index contributed by atoms with van der Waals surface area (Å²) in [6, 6.07) is 3.11. The van der Waals surface area contributed by atoms with Gasteiger partial charge in [0.1, 0.15) is 6.04 Å². The number of rotatable bonds is 4. The Hall–Kier alpha value is -0.980. The number of halogens is 2. The van der Waals surface area contributed by atoms with Gasteiger partial charge in [-0.2, -0.15) is 0 Å². The molecule has 0 saturated carbocycles. The number of benzene rings is 1. The number of nitrogens with zero attached hydrogens (tertiary/aromatic N) is 1. The molecule has 5 nitrogen and oxygen atoms in total. The van der Waals surface area contributed by atoms with Gasteiger partial charge in [0.15, 0.2) is 0 Å². The number of carboxylic acids is 1. The number of aliphatic carboxylic acids is 1. The maximum atomic E-state index is 11.7. The standard InChI is InChI=1S/C10H11Cl2NO4S/c1-6(10(14)15)13(18(2,16)17)9-7(11)4-3-5-8(9)12/h3-6H,1-2H3,(H,14,15). The average Bonchev–Trinajstić information content (AvgIpc) is 2.20. The molecule has 0 aliphatic carbocycles. The summed E-state index contributed by atoms with van der Waals surface area (Å²) in [6.07, 6.45) is 0.895. The molecule has 1 unspecified atom stereocenters. The number of hydrogen-bond donors (Lipinski definition) is 1. The SMILES string of the molecule is CC(C(=O)O)N(c1c(Cl)cccc1Cl)S(C)(=O)=O. The second-order valence-corrected chi connectivity index (χ2v) is 6.32. The van der Waals surface area contributed by atoms with Gasteiger partial charge in [-0.25, -0.2) is 13.2 Å². The molecular weight excluding hydrogens is 301 g/mol. The van der Waals surface area contributed by atoms with Gasteiger partial charge in [0.25, 0.3) is 0 Å². The first-order valence-corrected chi connectivity index (χ1v) is 7.43. The number of anilines is 1. The zero-order chi connectivity index (χ0) is 14.1. The lowest BCUT2D eigenvalue weighted by Gasteiger charge is -2.27. The molecule has 0 aliphatic heterocycles. The van der Waals surface area contributed by atoms with E-state index in [0.717, 1.165) is 6.26 Å². The van der Waals surface area contributed by atoms with Crippen LogP contribution in [0.5, 0.6) is 0 Å². The highest BCUT2D eigenvalue weighted by Crippen LogP contribution is 2.36. The lowest BCUT2D eigenvalue weighted by Crippen LogP contribution is -2.43. The molecule has 0 amide bonds. The molecule has 0 saturated heterocycles. The largest absolute Gasteiger partial charge is 0.480 e. The summed E-state index contributed by atoms with van der Waals surface area (Å²) in [5.74, 6) is -1.29. The lowest BCUT2D eigenvalue weighted by molar-refractivity contribution is -0.137. The van der Waals surface area contributed by atoms with Crippen LogP contribution in [-0.2, 0) is 14.8 Å². The Bertz CT molecular complexity index is 553. The van der Waals surface area contributed by atoms with Crippen LogP contribution in [0.1, 0.15) is 6.92 Å². The van der Waals surface area contributed by atoms with E-state index < -0.39 is 22.0 Å². The van der Waals surface area contributed by atoms with Crippen molar-refractivity contribution in [2.45, 2.75) is 13.0 Å². The van der Waals surface area contributed by atoms with Crippen LogP contribution < -0.4 is 4.31 Å². The van der Waals surface area contributed by atoms with E-state index in [9.17, 15) is 13.2 Å². The van der Waals surface area contributed by atoms with Crippen molar-refractivity contribution in [1.82, 2.24) is 0 Å². The molecule has 0 fully saturated rings. The minimum absolute atomic E-state index is 0.0294. The minimum Gasteiger partial charge on any atom is -0.480 e. The zero-order valence-corrected chi connectivity index (χ0v) is 11.9. The number of carboxylic acid groups (broad SMARTS) is 1. The van der Waals surface area contributed by atoms with E-state index in [1.807, 2.05) is 0 Å². The molecule has 18 heavy (non-hydrogen) atoms. The summed E-state index contributed by atoms with van der Waals surface area (Å²) < 4.78 is 24.1. The van der Waals surface area contributed by atoms with Crippen LogP contribution in [0.2, 0.25) is 10.0 Å². The van der Waals surface area contributed by atoms with Gasteiger partial charge in [-0.15, -0.1) is 0 Å². The second-order valence-electron chi connectivity index (χ2n) is 3.64. The van der Waals surface area contributed by atoms with Crippen molar-refractivity contribution in [2.24, 2.45) is 0 Å². The molecule has 0 bridgehead atoms. The highest BCUT2D eigenvalue weighted by atomic mass is 35.5. The molecule has 0 aromatic heterocycles. The molecule has 1 atom stereocenters. The first kappa shape index (κ1) is 15.1. The van der Waals surface area contributed by atoms with E-state index in [1.165, 1.54) is 19.1 Å².